The van der Waals surface area contributed by atoms with Crippen molar-refractivity contribution in [2.24, 2.45) is 0 Å². The van der Waals surface area contributed by atoms with Crippen LogP contribution in [0.15, 0.2) is 67.1 Å². The molecule has 0 unspecified atom stereocenters. The van der Waals surface area contributed by atoms with E-state index >= 15 is 0 Å². The van der Waals surface area contributed by atoms with Gasteiger partial charge in [-0.15, -0.1) is 0 Å². The highest BCUT2D eigenvalue weighted by atomic mass is 19.1. The van der Waals surface area contributed by atoms with Gasteiger partial charge in [0.15, 0.2) is 11.5 Å². The van der Waals surface area contributed by atoms with E-state index in [1.807, 2.05) is 38.4 Å². The molecule has 38 heavy (non-hydrogen) atoms. The van der Waals surface area contributed by atoms with Crippen LogP contribution in [-0.4, -0.2) is 66.6 Å². The molecule has 188 valence electrons. The molecule has 5 aromatic heterocycles. The number of nitrogens with one attached hydrogen (secondary N) is 3. The molecule has 0 aliphatic carbocycles. The van der Waals surface area contributed by atoms with Gasteiger partial charge in [0.25, 0.3) is 0 Å². The van der Waals surface area contributed by atoms with Crippen molar-refractivity contribution < 1.29 is 9.18 Å². The maximum absolute atomic E-state index is 13.9. The molecular formula is C27H22FN9O. The zero-order valence-electron chi connectivity index (χ0n) is 20.5. The number of carbonyl (C=O) groups is 1. The molecule has 0 radical (unpaired) electrons. The van der Waals surface area contributed by atoms with Gasteiger partial charge in [-0.3, -0.25) is 19.9 Å². The van der Waals surface area contributed by atoms with Crippen LogP contribution in [0.4, 0.5) is 10.1 Å². The number of anilines is 1. The predicted octanol–water partition coefficient (Wildman–Crippen LogP) is 4.26. The first kappa shape index (κ1) is 23.4. The fourth-order valence-corrected chi connectivity index (χ4v) is 4.26. The van der Waals surface area contributed by atoms with Crippen molar-refractivity contribution >= 4 is 33.7 Å². The van der Waals surface area contributed by atoms with Crippen molar-refractivity contribution in [3.05, 3.63) is 72.9 Å². The number of H-pyrrole nitrogens is 2. The van der Waals surface area contributed by atoms with Gasteiger partial charge in [0.05, 0.1) is 40.9 Å². The molecule has 0 atom stereocenters. The Morgan fingerprint density at radius 1 is 0.974 bits per heavy atom. The third kappa shape index (κ3) is 4.46. The summed E-state index contributed by atoms with van der Waals surface area (Å²) in [6.45, 7) is 0.265. The Hall–Kier alpha value is -5.03. The second-order valence-electron chi connectivity index (χ2n) is 9.06. The summed E-state index contributed by atoms with van der Waals surface area (Å²) in [5.74, 6) is 0.0266. The van der Waals surface area contributed by atoms with Gasteiger partial charge in [0.2, 0.25) is 5.91 Å². The van der Waals surface area contributed by atoms with Crippen LogP contribution in [0.25, 0.3) is 56.1 Å². The lowest BCUT2D eigenvalue weighted by Gasteiger charge is -2.10. The van der Waals surface area contributed by atoms with Crippen molar-refractivity contribution in [3.63, 3.8) is 0 Å². The van der Waals surface area contributed by atoms with Crippen LogP contribution in [0.5, 0.6) is 0 Å². The first-order valence-corrected chi connectivity index (χ1v) is 11.8. The van der Waals surface area contributed by atoms with Gasteiger partial charge in [0, 0.05) is 23.5 Å². The quantitative estimate of drug-likeness (QED) is 0.307. The summed E-state index contributed by atoms with van der Waals surface area (Å²) in [5, 5.41) is 10.3. The van der Waals surface area contributed by atoms with Crippen LogP contribution in [0.1, 0.15) is 0 Å². The molecule has 5 heterocycles. The number of imidazole rings is 1. The van der Waals surface area contributed by atoms with E-state index in [9.17, 15) is 9.18 Å². The lowest BCUT2D eigenvalue weighted by Crippen LogP contribution is -2.27. The van der Waals surface area contributed by atoms with Crippen LogP contribution in [0.3, 0.4) is 0 Å². The minimum absolute atomic E-state index is 0.133. The number of carbonyl (C=O) groups excluding carboxylic acids is 1. The lowest BCUT2D eigenvalue weighted by atomic mass is 10.1. The number of fused-ring (bicyclic) bond motifs is 2. The first-order chi connectivity index (χ1) is 18.4. The minimum atomic E-state index is -0.345. The highest BCUT2D eigenvalue weighted by molar-refractivity contribution is 5.95. The van der Waals surface area contributed by atoms with E-state index in [0.29, 0.717) is 45.2 Å². The predicted molar refractivity (Wildman–Crippen MR) is 143 cm³/mol. The molecule has 0 spiro atoms. The van der Waals surface area contributed by atoms with Gasteiger partial charge in [-0.2, -0.15) is 5.10 Å². The molecule has 1 aromatic carbocycles. The average molecular weight is 508 g/mol. The lowest BCUT2D eigenvalue weighted by molar-refractivity contribution is -0.116. The number of pyridine rings is 3. The van der Waals surface area contributed by atoms with Gasteiger partial charge < -0.3 is 15.2 Å². The van der Waals surface area contributed by atoms with Gasteiger partial charge in [-0.25, -0.2) is 14.4 Å². The van der Waals surface area contributed by atoms with Crippen molar-refractivity contribution in [3.8, 4) is 34.0 Å². The molecule has 1 amide bonds. The Labute approximate surface area is 216 Å². The Bertz CT molecular complexity index is 1810. The number of aromatic amines is 2. The molecule has 0 aliphatic rings. The second kappa shape index (κ2) is 9.45. The molecule has 6 aromatic rings. The summed E-state index contributed by atoms with van der Waals surface area (Å²) in [6.07, 6.45) is 4.94. The van der Waals surface area contributed by atoms with Gasteiger partial charge in [0.1, 0.15) is 16.9 Å². The summed E-state index contributed by atoms with van der Waals surface area (Å²) in [7, 11) is 3.66. The number of likely N-dealkylation sites (N-methyl/N-ethyl adjacent to an activating group) is 1. The molecule has 10 nitrogen and oxygen atoms in total. The normalized spacial score (nSPS) is 11.5. The SMILES string of the molecule is CN(C)CC(=O)Nc1cncc(-c2ccc3[nH]nc(-c4nc5c(-c6cccc(F)c6)nccc5[nH]4)c3n2)c1. The van der Waals surface area contributed by atoms with Gasteiger partial charge in [-0.1, -0.05) is 12.1 Å². The van der Waals surface area contributed by atoms with Crippen LogP contribution in [0, 0.1) is 5.82 Å². The smallest absolute Gasteiger partial charge is 0.238 e. The van der Waals surface area contributed by atoms with E-state index in [2.05, 4.69) is 30.5 Å². The zero-order valence-corrected chi connectivity index (χ0v) is 20.5. The molecule has 0 saturated heterocycles. The Kier molecular flexibility index (Phi) is 5.81. The molecular weight excluding hydrogens is 485 g/mol. The van der Waals surface area contributed by atoms with Gasteiger partial charge in [-0.05, 0) is 50.5 Å². The topological polar surface area (TPSA) is 128 Å². The van der Waals surface area contributed by atoms with E-state index in [0.717, 1.165) is 16.6 Å². The van der Waals surface area contributed by atoms with E-state index in [4.69, 9.17) is 9.97 Å². The van der Waals surface area contributed by atoms with Crippen LogP contribution >= 0.6 is 0 Å². The summed E-state index contributed by atoms with van der Waals surface area (Å²) in [4.78, 5) is 35.6. The average Bonchev–Trinajstić information content (AvgIpc) is 3.52. The van der Waals surface area contributed by atoms with Crippen molar-refractivity contribution in [1.29, 1.82) is 0 Å². The standard InChI is InChI=1S/C27H22FN9O/c1-37(2)14-22(38)31-18-11-16(12-29-13-18)19-6-7-21-25(32-19)26(36-35-21)27-33-20-8-9-30-23(24(20)34-27)15-4-3-5-17(28)10-15/h3-13H,14H2,1-2H3,(H,31,38)(H,33,34)(H,35,36). The number of nitrogens with zero attached hydrogens (tertiary/aromatic N) is 6. The molecule has 0 aliphatic heterocycles. The number of aromatic nitrogens is 7. The van der Waals surface area contributed by atoms with E-state index in [1.54, 1.807) is 35.6 Å². The Balaban J connectivity index is 1.38. The number of hydrogen-bond donors (Lipinski definition) is 3. The molecule has 0 fully saturated rings. The van der Waals surface area contributed by atoms with Crippen molar-refractivity contribution in [2.45, 2.75) is 0 Å². The molecule has 0 saturated carbocycles. The third-order valence-corrected chi connectivity index (χ3v) is 5.91. The number of amides is 1. The first-order valence-electron chi connectivity index (χ1n) is 11.8. The maximum Gasteiger partial charge on any atom is 0.238 e. The Morgan fingerprint density at radius 2 is 1.84 bits per heavy atom. The number of hydrogen-bond acceptors (Lipinski definition) is 7. The van der Waals surface area contributed by atoms with Crippen LogP contribution < -0.4 is 5.32 Å². The third-order valence-electron chi connectivity index (χ3n) is 5.91. The molecule has 6 rings (SSSR count). The summed E-state index contributed by atoms with van der Waals surface area (Å²) in [5.41, 5.74) is 6.41. The molecule has 11 heteroatoms. The highest BCUT2D eigenvalue weighted by Crippen LogP contribution is 2.31. The van der Waals surface area contributed by atoms with Crippen LogP contribution in [0.2, 0.25) is 0 Å². The van der Waals surface area contributed by atoms with E-state index in [1.165, 1.54) is 12.1 Å². The van der Waals surface area contributed by atoms with E-state index < -0.39 is 0 Å². The summed E-state index contributed by atoms with van der Waals surface area (Å²) < 4.78 is 13.9. The number of rotatable bonds is 6. The maximum atomic E-state index is 13.9. The summed E-state index contributed by atoms with van der Waals surface area (Å²) >= 11 is 0. The van der Waals surface area contributed by atoms with Crippen molar-refractivity contribution in [2.75, 3.05) is 26.0 Å². The molecule has 3 N–H and O–H groups in total. The van der Waals surface area contributed by atoms with Crippen LogP contribution in [-0.2, 0) is 4.79 Å². The fraction of sp³-hybridized carbons (Fsp3) is 0.111. The van der Waals surface area contributed by atoms with Gasteiger partial charge >= 0.3 is 0 Å². The second-order valence-corrected chi connectivity index (χ2v) is 9.06. The summed E-state index contributed by atoms with van der Waals surface area (Å²) in [6, 6.07) is 13.6. The number of halogens is 1. The largest absolute Gasteiger partial charge is 0.336 e. The fourth-order valence-electron chi connectivity index (χ4n) is 4.26. The minimum Gasteiger partial charge on any atom is -0.336 e. The number of benzene rings is 1. The highest BCUT2D eigenvalue weighted by Gasteiger charge is 2.18. The van der Waals surface area contributed by atoms with E-state index in [-0.39, 0.29) is 18.3 Å². The Morgan fingerprint density at radius 3 is 2.68 bits per heavy atom. The monoisotopic (exact) mass is 507 g/mol. The van der Waals surface area contributed by atoms with Crippen molar-refractivity contribution in [1.82, 2.24) is 40.0 Å². The molecule has 0 bridgehead atoms. The zero-order chi connectivity index (χ0) is 26.2.